The maximum atomic E-state index is 11.5. The number of nitrogens with zero attached hydrogens (tertiary/aromatic N) is 1. The highest BCUT2D eigenvalue weighted by molar-refractivity contribution is 5.46. The summed E-state index contributed by atoms with van der Waals surface area (Å²) < 4.78 is 0. The average molecular weight is 359 g/mol. The summed E-state index contributed by atoms with van der Waals surface area (Å²) in [5, 5.41) is 11.5. The van der Waals surface area contributed by atoms with Crippen molar-refractivity contribution in [1.82, 2.24) is 0 Å². The lowest BCUT2D eigenvalue weighted by Crippen LogP contribution is -2.03. The van der Waals surface area contributed by atoms with Crippen LogP contribution in [0, 0.1) is 10.1 Å². The van der Waals surface area contributed by atoms with Gasteiger partial charge in [-0.05, 0) is 55.2 Å². The SMILES string of the molecule is O=[N+]([O-])c1cccc(CCCc2ccccc2)c1CCCc1ccccc1. The normalized spacial score (nSPS) is 10.7. The maximum Gasteiger partial charge on any atom is 0.272 e. The molecule has 0 aliphatic heterocycles. The van der Waals surface area contributed by atoms with E-state index in [1.807, 2.05) is 30.3 Å². The van der Waals surface area contributed by atoms with Crippen molar-refractivity contribution in [2.75, 3.05) is 0 Å². The number of hydrogen-bond acceptors (Lipinski definition) is 2. The molecule has 0 atom stereocenters. The molecule has 3 rings (SSSR count). The lowest BCUT2D eigenvalue weighted by molar-refractivity contribution is -0.385. The van der Waals surface area contributed by atoms with Crippen molar-refractivity contribution in [3.05, 3.63) is 111 Å². The molecule has 3 heteroatoms. The highest BCUT2D eigenvalue weighted by atomic mass is 16.6. The maximum absolute atomic E-state index is 11.5. The first-order valence-corrected chi connectivity index (χ1v) is 9.57. The fraction of sp³-hybridized carbons (Fsp3) is 0.250. The summed E-state index contributed by atoms with van der Waals surface area (Å²) >= 11 is 0. The molecule has 138 valence electrons. The molecule has 0 saturated carbocycles. The van der Waals surface area contributed by atoms with E-state index in [-0.39, 0.29) is 10.6 Å². The standard InChI is InChI=1S/C24H25NO2/c26-25(27)24-19-9-17-22(16-7-14-20-10-3-1-4-11-20)23(24)18-8-15-21-12-5-2-6-13-21/h1-6,9-13,17,19H,7-8,14-16,18H2. The lowest BCUT2D eigenvalue weighted by atomic mass is 9.94. The van der Waals surface area contributed by atoms with Gasteiger partial charge >= 0.3 is 0 Å². The quantitative estimate of drug-likeness (QED) is 0.350. The number of nitro groups is 1. The topological polar surface area (TPSA) is 43.1 Å². The van der Waals surface area contributed by atoms with E-state index in [1.54, 1.807) is 6.07 Å². The van der Waals surface area contributed by atoms with Crippen molar-refractivity contribution in [3.8, 4) is 0 Å². The van der Waals surface area contributed by atoms with Gasteiger partial charge in [0.1, 0.15) is 0 Å². The Balaban J connectivity index is 1.67. The van der Waals surface area contributed by atoms with Crippen LogP contribution in [0.2, 0.25) is 0 Å². The zero-order chi connectivity index (χ0) is 18.9. The largest absolute Gasteiger partial charge is 0.272 e. The molecule has 3 nitrogen and oxygen atoms in total. The van der Waals surface area contributed by atoms with Crippen molar-refractivity contribution in [1.29, 1.82) is 0 Å². The first kappa shape index (κ1) is 18.8. The minimum absolute atomic E-state index is 0.238. The van der Waals surface area contributed by atoms with Gasteiger partial charge in [0.15, 0.2) is 0 Å². The minimum Gasteiger partial charge on any atom is -0.258 e. The van der Waals surface area contributed by atoms with E-state index in [0.717, 1.165) is 49.7 Å². The molecular weight excluding hydrogens is 334 g/mol. The third-order valence-electron chi connectivity index (χ3n) is 4.93. The Kier molecular flexibility index (Phi) is 6.75. The third kappa shape index (κ3) is 5.52. The highest BCUT2D eigenvalue weighted by Crippen LogP contribution is 2.26. The Morgan fingerprint density at radius 1 is 0.630 bits per heavy atom. The van der Waals surface area contributed by atoms with Crippen LogP contribution in [0.1, 0.15) is 35.1 Å². The third-order valence-corrected chi connectivity index (χ3v) is 4.93. The molecule has 0 aliphatic carbocycles. The van der Waals surface area contributed by atoms with Crippen LogP contribution in [0.4, 0.5) is 5.69 Å². The number of hydrogen-bond donors (Lipinski definition) is 0. The molecular formula is C24H25NO2. The molecule has 0 amide bonds. The second kappa shape index (κ2) is 9.67. The van der Waals surface area contributed by atoms with E-state index < -0.39 is 0 Å². The molecule has 0 heterocycles. The van der Waals surface area contributed by atoms with E-state index in [9.17, 15) is 10.1 Å². The smallest absolute Gasteiger partial charge is 0.258 e. The van der Waals surface area contributed by atoms with Crippen molar-refractivity contribution >= 4 is 5.69 Å². The summed E-state index contributed by atoms with van der Waals surface area (Å²) in [6.07, 6.45) is 5.46. The van der Waals surface area contributed by atoms with Crippen molar-refractivity contribution < 1.29 is 4.92 Å². The van der Waals surface area contributed by atoms with Crippen molar-refractivity contribution in [3.63, 3.8) is 0 Å². The van der Waals surface area contributed by atoms with E-state index in [2.05, 4.69) is 42.5 Å². The van der Waals surface area contributed by atoms with Crippen LogP contribution < -0.4 is 0 Å². The van der Waals surface area contributed by atoms with E-state index in [4.69, 9.17) is 0 Å². The Bertz CT molecular complexity index is 860. The molecule has 0 aromatic heterocycles. The van der Waals surface area contributed by atoms with Crippen LogP contribution in [0.15, 0.2) is 78.9 Å². The second-order valence-electron chi connectivity index (χ2n) is 6.85. The second-order valence-corrected chi connectivity index (χ2v) is 6.85. The predicted molar refractivity (Wildman–Crippen MR) is 110 cm³/mol. The fourth-order valence-corrected chi connectivity index (χ4v) is 3.56. The number of nitro benzene ring substituents is 1. The van der Waals surface area contributed by atoms with Crippen LogP contribution in [-0.4, -0.2) is 4.92 Å². The Labute approximate surface area is 160 Å². The van der Waals surface area contributed by atoms with Crippen LogP contribution in [0.5, 0.6) is 0 Å². The van der Waals surface area contributed by atoms with E-state index in [0.29, 0.717) is 0 Å². The number of aryl methyl sites for hydroxylation is 3. The summed E-state index contributed by atoms with van der Waals surface area (Å²) in [6.45, 7) is 0. The van der Waals surface area contributed by atoms with Crippen molar-refractivity contribution in [2.24, 2.45) is 0 Å². The molecule has 3 aromatic rings. The van der Waals surface area contributed by atoms with E-state index in [1.165, 1.54) is 11.1 Å². The van der Waals surface area contributed by atoms with Crippen LogP contribution in [-0.2, 0) is 25.7 Å². The summed E-state index contributed by atoms with van der Waals surface area (Å²) in [5.74, 6) is 0. The summed E-state index contributed by atoms with van der Waals surface area (Å²) in [7, 11) is 0. The molecule has 3 aromatic carbocycles. The van der Waals surface area contributed by atoms with Gasteiger partial charge in [-0.1, -0.05) is 72.8 Å². The first-order chi connectivity index (χ1) is 13.2. The van der Waals surface area contributed by atoms with Gasteiger partial charge in [-0.15, -0.1) is 0 Å². The summed E-state index contributed by atoms with van der Waals surface area (Å²) in [4.78, 5) is 11.3. The molecule has 0 radical (unpaired) electrons. The molecule has 0 aliphatic rings. The van der Waals surface area contributed by atoms with Gasteiger partial charge in [-0.3, -0.25) is 10.1 Å². The Hall–Kier alpha value is -2.94. The highest BCUT2D eigenvalue weighted by Gasteiger charge is 2.16. The number of rotatable bonds is 9. The molecule has 0 spiro atoms. The predicted octanol–water partition coefficient (Wildman–Crippen LogP) is 5.95. The fourth-order valence-electron chi connectivity index (χ4n) is 3.56. The van der Waals surface area contributed by atoms with Gasteiger partial charge in [0.05, 0.1) is 4.92 Å². The molecule has 0 N–H and O–H groups in total. The lowest BCUT2D eigenvalue weighted by Gasteiger charge is -2.11. The average Bonchev–Trinajstić information content (AvgIpc) is 2.70. The Morgan fingerprint density at radius 2 is 1.19 bits per heavy atom. The van der Waals surface area contributed by atoms with Gasteiger partial charge in [0.2, 0.25) is 0 Å². The zero-order valence-corrected chi connectivity index (χ0v) is 15.5. The van der Waals surface area contributed by atoms with Gasteiger partial charge in [-0.2, -0.15) is 0 Å². The monoisotopic (exact) mass is 359 g/mol. The summed E-state index contributed by atoms with van der Waals surface area (Å²) in [6, 6.07) is 26.2. The van der Waals surface area contributed by atoms with Gasteiger partial charge < -0.3 is 0 Å². The van der Waals surface area contributed by atoms with Gasteiger partial charge in [0, 0.05) is 11.6 Å². The van der Waals surface area contributed by atoms with Gasteiger partial charge in [0.25, 0.3) is 5.69 Å². The first-order valence-electron chi connectivity index (χ1n) is 9.57. The number of benzene rings is 3. The molecule has 0 saturated heterocycles. The minimum atomic E-state index is -0.238. The molecule has 0 unspecified atom stereocenters. The zero-order valence-electron chi connectivity index (χ0n) is 15.5. The Morgan fingerprint density at radius 3 is 1.74 bits per heavy atom. The summed E-state index contributed by atoms with van der Waals surface area (Å²) in [5.41, 5.74) is 4.88. The van der Waals surface area contributed by atoms with Crippen LogP contribution in [0.25, 0.3) is 0 Å². The van der Waals surface area contributed by atoms with Gasteiger partial charge in [-0.25, -0.2) is 0 Å². The van der Waals surface area contributed by atoms with Crippen molar-refractivity contribution in [2.45, 2.75) is 38.5 Å². The van der Waals surface area contributed by atoms with E-state index >= 15 is 0 Å². The molecule has 0 bridgehead atoms. The molecule has 0 fully saturated rings. The molecule has 27 heavy (non-hydrogen) atoms. The van der Waals surface area contributed by atoms with Crippen LogP contribution in [0.3, 0.4) is 0 Å². The van der Waals surface area contributed by atoms with Crippen LogP contribution >= 0.6 is 0 Å².